The van der Waals surface area contributed by atoms with Crippen molar-refractivity contribution in [3.63, 3.8) is 0 Å². The van der Waals surface area contributed by atoms with Crippen LogP contribution < -0.4 is 33.2 Å². The van der Waals surface area contributed by atoms with E-state index in [1.54, 1.807) is 0 Å². The standard InChI is InChI=1S/C15H29N7O5S2/c1-7(20-13(25)10(6-29)22-12(24)8(16)5-28)11(23)21-9(14(26)27)3-2-4-19-15(17)18/h7-10,28-29H,2-6,16H2,1H3,(H,20,25)(H,21,23)(H,22,24)(H,26,27)(H4,17,18,19). The maximum atomic E-state index is 12.3. The van der Waals surface area contributed by atoms with Gasteiger partial charge in [-0.2, -0.15) is 25.3 Å². The molecule has 0 spiro atoms. The van der Waals surface area contributed by atoms with Crippen LogP contribution >= 0.6 is 25.3 Å². The molecule has 0 bridgehead atoms. The second kappa shape index (κ2) is 13.9. The van der Waals surface area contributed by atoms with Crippen LogP contribution in [-0.4, -0.2) is 77.0 Å². The molecule has 14 heteroatoms. The maximum Gasteiger partial charge on any atom is 0.326 e. The zero-order valence-electron chi connectivity index (χ0n) is 16.0. The normalized spacial score (nSPS) is 14.6. The van der Waals surface area contributed by atoms with Crippen molar-refractivity contribution in [2.45, 2.75) is 43.9 Å². The predicted octanol–water partition coefficient (Wildman–Crippen LogP) is -3.21. The molecule has 0 rings (SSSR count). The summed E-state index contributed by atoms with van der Waals surface area (Å²) in [6, 6.07) is -4.16. The Labute approximate surface area is 179 Å². The molecule has 4 unspecified atom stereocenters. The van der Waals surface area contributed by atoms with Crippen LogP contribution in [0, 0.1) is 0 Å². The molecule has 0 radical (unpaired) electrons. The van der Waals surface area contributed by atoms with Crippen molar-refractivity contribution >= 4 is 54.9 Å². The fourth-order valence-electron chi connectivity index (χ4n) is 1.99. The van der Waals surface area contributed by atoms with Crippen LogP contribution in [0.2, 0.25) is 0 Å². The molecule has 0 saturated carbocycles. The monoisotopic (exact) mass is 451 g/mol. The van der Waals surface area contributed by atoms with Gasteiger partial charge in [0.1, 0.15) is 18.1 Å². The van der Waals surface area contributed by atoms with Gasteiger partial charge >= 0.3 is 5.97 Å². The van der Waals surface area contributed by atoms with E-state index in [1.807, 2.05) is 0 Å². The molecule has 10 N–H and O–H groups in total. The molecular formula is C15H29N7O5S2. The maximum absolute atomic E-state index is 12.3. The van der Waals surface area contributed by atoms with Crippen molar-refractivity contribution in [1.29, 1.82) is 0 Å². The number of carboxylic acid groups (broad SMARTS) is 1. The smallest absolute Gasteiger partial charge is 0.326 e. The van der Waals surface area contributed by atoms with Gasteiger partial charge in [-0.25, -0.2) is 4.79 Å². The molecule has 4 atom stereocenters. The largest absolute Gasteiger partial charge is 0.480 e. The van der Waals surface area contributed by atoms with Crippen LogP contribution in [0.4, 0.5) is 0 Å². The molecule has 29 heavy (non-hydrogen) atoms. The first kappa shape index (κ1) is 26.8. The van der Waals surface area contributed by atoms with E-state index in [1.165, 1.54) is 6.92 Å². The van der Waals surface area contributed by atoms with E-state index in [0.29, 0.717) is 6.42 Å². The number of nitrogens with two attached hydrogens (primary N) is 3. The van der Waals surface area contributed by atoms with Crippen LogP contribution in [0.25, 0.3) is 0 Å². The van der Waals surface area contributed by atoms with E-state index in [0.717, 1.165) is 0 Å². The number of aliphatic carboxylic acids is 1. The fraction of sp³-hybridized carbons (Fsp3) is 0.667. The number of carbonyl (C=O) groups is 4. The Morgan fingerprint density at radius 1 is 0.966 bits per heavy atom. The van der Waals surface area contributed by atoms with E-state index < -0.39 is 47.9 Å². The predicted molar refractivity (Wildman–Crippen MR) is 115 cm³/mol. The van der Waals surface area contributed by atoms with Crippen molar-refractivity contribution in [3.05, 3.63) is 0 Å². The first-order valence-corrected chi connectivity index (χ1v) is 9.96. The van der Waals surface area contributed by atoms with Crippen LogP contribution in [-0.2, 0) is 19.2 Å². The molecule has 0 aliphatic rings. The van der Waals surface area contributed by atoms with Crippen molar-refractivity contribution < 1.29 is 24.3 Å². The average Bonchev–Trinajstić information content (AvgIpc) is 2.66. The van der Waals surface area contributed by atoms with Crippen LogP contribution in [0.3, 0.4) is 0 Å². The molecular weight excluding hydrogens is 422 g/mol. The lowest BCUT2D eigenvalue weighted by Crippen LogP contribution is -2.57. The summed E-state index contributed by atoms with van der Waals surface area (Å²) in [5.41, 5.74) is 15.9. The van der Waals surface area contributed by atoms with E-state index >= 15 is 0 Å². The number of thiol groups is 2. The molecule has 0 saturated heterocycles. The third-order valence-corrected chi connectivity index (χ3v) is 4.42. The Morgan fingerprint density at radius 2 is 1.55 bits per heavy atom. The molecule has 0 fully saturated rings. The lowest BCUT2D eigenvalue weighted by molar-refractivity contribution is -0.142. The average molecular weight is 452 g/mol. The lowest BCUT2D eigenvalue weighted by Gasteiger charge is -2.22. The van der Waals surface area contributed by atoms with Gasteiger partial charge < -0.3 is 38.3 Å². The van der Waals surface area contributed by atoms with Crippen LogP contribution in [0.1, 0.15) is 19.8 Å². The molecule has 166 valence electrons. The Kier molecular flexibility index (Phi) is 12.8. The van der Waals surface area contributed by atoms with Gasteiger partial charge in [0.25, 0.3) is 0 Å². The van der Waals surface area contributed by atoms with E-state index in [2.05, 4.69) is 46.2 Å². The minimum Gasteiger partial charge on any atom is -0.480 e. The number of nitrogens with one attached hydrogen (secondary N) is 3. The zero-order valence-corrected chi connectivity index (χ0v) is 17.8. The summed E-state index contributed by atoms with van der Waals surface area (Å²) in [4.78, 5) is 51.3. The highest BCUT2D eigenvalue weighted by molar-refractivity contribution is 7.80. The summed E-state index contributed by atoms with van der Waals surface area (Å²) in [6.45, 7) is 1.59. The number of carboxylic acids is 1. The number of hydrogen-bond donors (Lipinski definition) is 9. The van der Waals surface area contributed by atoms with E-state index in [9.17, 15) is 24.3 Å². The summed E-state index contributed by atoms with van der Waals surface area (Å²) < 4.78 is 0. The van der Waals surface area contributed by atoms with Crippen molar-refractivity contribution in [1.82, 2.24) is 16.0 Å². The molecule has 0 aliphatic heterocycles. The Morgan fingerprint density at radius 3 is 2.03 bits per heavy atom. The number of rotatable bonds is 13. The second-order valence-corrected chi connectivity index (χ2v) is 6.84. The number of hydrogen-bond acceptors (Lipinski definition) is 8. The minimum atomic E-state index is -1.23. The van der Waals surface area contributed by atoms with Gasteiger partial charge in [-0.15, -0.1) is 0 Å². The van der Waals surface area contributed by atoms with Crippen molar-refractivity contribution in [2.75, 3.05) is 18.1 Å². The summed E-state index contributed by atoms with van der Waals surface area (Å²) in [7, 11) is 0. The molecule has 0 aromatic rings. The summed E-state index contributed by atoms with van der Waals surface area (Å²) >= 11 is 7.91. The van der Waals surface area contributed by atoms with Gasteiger partial charge in [0.15, 0.2) is 5.96 Å². The Bertz CT molecular complexity index is 616. The molecule has 12 nitrogen and oxygen atoms in total. The first-order chi connectivity index (χ1) is 13.5. The van der Waals surface area contributed by atoms with Gasteiger partial charge in [0, 0.05) is 18.1 Å². The zero-order chi connectivity index (χ0) is 22.6. The van der Waals surface area contributed by atoms with Gasteiger partial charge in [-0.05, 0) is 19.8 Å². The highest BCUT2D eigenvalue weighted by atomic mass is 32.1. The number of amides is 3. The lowest BCUT2D eigenvalue weighted by atomic mass is 10.1. The Hall–Kier alpha value is -2.19. The summed E-state index contributed by atoms with van der Waals surface area (Å²) in [5.74, 6) is -3.25. The molecule has 3 amide bonds. The fourth-order valence-corrected chi connectivity index (χ4v) is 2.42. The molecule has 0 aliphatic carbocycles. The van der Waals surface area contributed by atoms with Gasteiger partial charge in [0.2, 0.25) is 17.7 Å². The molecule has 0 heterocycles. The van der Waals surface area contributed by atoms with Crippen LogP contribution in [0.15, 0.2) is 4.99 Å². The van der Waals surface area contributed by atoms with Crippen molar-refractivity contribution in [3.8, 4) is 0 Å². The second-order valence-electron chi connectivity index (χ2n) is 6.11. The van der Waals surface area contributed by atoms with E-state index in [-0.39, 0.29) is 30.4 Å². The van der Waals surface area contributed by atoms with Gasteiger partial charge in [-0.1, -0.05) is 0 Å². The van der Waals surface area contributed by atoms with Gasteiger partial charge in [0.05, 0.1) is 6.04 Å². The Balaban J connectivity index is 4.74. The highest BCUT2D eigenvalue weighted by Gasteiger charge is 2.27. The molecule has 0 aromatic carbocycles. The SMILES string of the molecule is CC(NC(=O)C(CS)NC(=O)C(N)CS)C(=O)NC(CCCN=C(N)N)C(=O)O. The highest BCUT2D eigenvalue weighted by Crippen LogP contribution is 2.00. The first-order valence-electron chi connectivity index (χ1n) is 8.70. The van der Waals surface area contributed by atoms with Gasteiger partial charge in [-0.3, -0.25) is 19.4 Å². The minimum absolute atomic E-state index is 0.0340. The third kappa shape index (κ3) is 10.8. The number of aliphatic imine (C=N–C) groups is 1. The van der Waals surface area contributed by atoms with Crippen molar-refractivity contribution in [2.24, 2.45) is 22.2 Å². The number of carbonyl (C=O) groups excluding carboxylic acids is 3. The van der Waals surface area contributed by atoms with Crippen LogP contribution in [0.5, 0.6) is 0 Å². The quantitative estimate of drug-likeness (QED) is 0.0599. The molecule has 0 aromatic heterocycles. The van der Waals surface area contributed by atoms with E-state index in [4.69, 9.17) is 17.2 Å². The number of nitrogens with zero attached hydrogens (tertiary/aromatic N) is 1. The third-order valence-electron chi connectivity index (χ3n) is 3.66. The summed E-state index contributed by atoms with van der Waals surface area (Å²) in [6.07, 6.45) is 0.421. The topological polar surface area (TPSA) is 215 Å². The number of guanidine groups is 1. The summed E-state index contributed by atoms with van der Waals surface area (Å²) in [5, 5.41) is 16.4.